The average Bonchev–Trinajstić information content (AvgIpc) is 2.46. The van der Waals surface area contributed by atoms with Crippen molar-refractivity contribution in [3.05, 3.63) is 35.1 Å². The number of nitrogens with zero attached hydrogens (tertiary/aromatic N) is 1. The molecule has 0 bridgehead atoms. The van der Waals surface area contributed by atoms with Crippen LogP contribution >= 0.6 is 0 Å². The van der Waals surface area contributed by atoms with Gasteiger partial charge in [-0.25, -0.2) is 4.39 Å². The number of piperidine rings is 1. The van der Waals surface area contributed by atoms with E-state index in [-0.39, 0.29) is 12.4 Å². The molecule has 1 aromatic carbocycles. The van der Waals surface area contributed by atoms with Gasteiger partial charge in [-0.05, 0) is 37.9 Å². The monoisotopic (exact) mass is 262 g/mol. The van der Waals surface area contributed by atoms with Crippen molar-refractivity contribution in [3.8, 4) is 6.07 Å². The van der Waals surface area contributed by atoms with Gasteiger partial charge in [0.25, 0.3) is 0 Å². The van der Waals surface area contributed by atoms with E-state index in [4.69, 9.17) is 10.00 Å². The molecule has 0 saturated carbocycles. The van der Waals surface area contributed by atoms with Crippen LogP contribution < -0.4 is 5.32 Å². The largest absolute Gasteiger partial charge is 0.377 e. The number of rotatable bonds is 5. The van der Waals surface area contributed by atoms with Crippen LogP contribution in [0.4, 0.5) is 4.39 Å². The number of nitrogens with one attached hydrogen (secondary N) is 1. The molecule has 1 atom stereocenters. The van der Waals surface area contributed by atoms with Crippen LogP contribution in [0.2, 0.25) is 0 Å². The molecule has 1 aromatic rings. The highest BCUT2D eigenvalue weighted by atomic mass is 19.1. The summed E-state index contributed by atoms with van der Waals surface area (Å²) < 4.78 is 19.1. The van der Waals surface area contributed by atoms with Gasteiger partial charge in [0.15, 0.2) is 0 Å². The second-order valence-electron chi connectivity index (χ2n) is 4.91. The summed E-state index contributed by atoms with van der Waals surface area (Å²) in [5.41, 5.74) is 0.850. The van der Waals surface area contributed by atoms with Crippen molar-refractivity contribution in [2.75, 3.05) is 13.2 Å². The molecule has 1 unspecified atom stereocenters. The minimum Gasteiger partial charge on any atom is -0.377 e. The van der Waals surface area contributed by atoms with Crippen molar-refractivity contribution < 1.29 is 9.13 Å². The van der Waals surface area contributed by atoms with Gasteiger partial charge in [-0.2, -0.15) is 5.26 Å². The van der Waals surface area contributed by atoms with Crippen LogP contribution in [0, 0.1) is 17.1 Å². The van der Waals surface area contributed by atoms with Gasteiger partial charge in [-0.15, -0.1) is 0 Å². The van der Waals surface area contributed by atoms with Crippen LogP contribution in [0.1, 0.15) is 36.8 Å². The Morgan fingerprint density at radius 1 is 1.42 bits per heavy atom. The molecule has 1 N–H and O–H groups in total. The maximum absolute atomic E-state index is 13.6. The molecule has 19 heavy (non-hydrogen) atoms. The number of hydrogen-bond donors (Lipinski definition) is 1. The highest BCUT2D eigenvalue weighted by Gasteiger charge is 2.12. The molecule has 0 radical (unpaired) electrons. The summed E-state index contributed by atoms with van der Waals surface area (Å²) >= 11 is 0. The Balaban J connectivity index is 1.72. The van der Waals surface area contributed by atoms with E-state index in [1.165, 1.54) is 25.3 Å². The minimum absolute atomic E-state index is 0.268. The number of hydrogen-bond acceptors (Lipinski definition) is 3. The van der Waals surface area contributed by atoms with E-state index < -0.39 is 0 Å². The molecule has 1 aliphatic heterocycles. The van der Waals surface area contributed by atoms with Gasteiger partial charge in [-0.1, -0.05) is 12.5 Å². The molecule has 1 saturated heterocycles. The highest BCUT2D eigenvalue weighted by Crippen LogP contribution is 2.13. The van der Waals surface area contributed by atoms with E-state index in [0.29, 0.717) is 23.8 Å². The van der Waals surface area contributed by atoms with Gasteiger partial charge in [0.05, 0.1) is 18.2 Å². The lowest BCUT2D eigenvalue weighted by Crippen LogP contribution is -2.34. The first-order chi connectivity index (χ1) is 9.29. The first-order valence-corrected chi connectivity index (χ1v) is 6.79. The third-order valence-corrected chi connectivity index (χ3v) is 3.46. The Morgan fingerprint density at radius 3 is 3.00 bits per heavy atom. The molecule has 0 amide bonds. The van der Waals surface area contributed by atoms with Crippen LogP contribution in [0.5, 0.6) is 0 Å². The van der Waals surface area contributed by atoms with Crippen molar-refractivity contribution in [2.45, 2.75) is 38.3 Å². The van der Waals surface area contributed by atoms with Crippen LogP contribution in [0.25, 0.3) is 0 Å². The summed E-state index contributed by atoms with van der Waals surface area (Å²) in [6, 6.07) is 6.94. The Hall–Kier alpha value is -1.44. The van der Waals surface area contributed by atoms with Gasteiger partial charge in [0, 0.05) is 18.2 Å². The fraction of sp³-hybridized carbons (Fsp3) is 0.533. The van der Waals surface area contributed by atoms with Crippen molar-refractivity contribution in [1.82, 2.24) is 5.32 Å². The summed E-state index contributed by atoms with van der Waals surface area (Å²) in [5.74, 6) is -0.366. The molecule has 3 nitrogen and oxygen atoms in total. The number of nitriles is 1. The minimum atomic E-state index is -0.366. The third kappa shape index (κ3) is 4.30. The first kappa shape index (κ1) is 14.0. The van der Waals surface area contributed by atoms with Gasteiger partial charge < -0.3 is 10.1 Å². The van der Waals surface area contributed by atoms with Crippen LogP contribution in [-0.4, -0.2) is 19.2 Å². The molecular weight excluding hydrogens is 243 g/mol. The molecule has 0 aliphatic carbocycles. The van der Waals surface area contributed by atoms with Gasteiger partial charge in [-0.3, -0.25) is 0 Å². The molecule has 102 valence electrons. The summed E-state index contributed by atoms with van der Waals surface area (Å²) in [5, 5.41) is 12.1. The Kier molecular flexibility index (Phi) is 5.31. The van der Waals surface area contributed by atoms with Crippen molar-refractivity contribution in [1.29, 1.82) is 5.26 Å². The maximum atomic E-state index is 13.6. The normalized spacial score (nSPS) is 19.1. The second kappa shape index (κ2) is 7.22. The molecule has 0 aromatic heterocycles. The Labute approximate surface area is 113 Å². The fourth-order valence-electron chi connectivity index (χ4n) is 2.31. The van der Waals surface area contributed by atoms with E-state index in [2.05, 4.69) is 5.32 Å². The van der Waals surface area contributed by atoms with Crippen LogP contribution in [0.15, 0.2) is 18.2 Å². The molecule has 1 fully saturated rings. The Bertz CT molecular complexity index is 450. The first-order valence-electron chi connectivity index (χ1n) is 6.79. The topological polar surface area (TPSA) is 45.0 Å². The summed E-state index contributed by atoms with van der Waals surface area (Å²) in [6.45, 7) is 2.00. The maximum Gasteiger partial charge on any atom is 0.130 e. The quantitative estimate of drug-likeness (QED) is 0.830. The molecule has 1 aliphatic rings. The second-order valence-corrected chi connectivity index (χ2v) is 4.91. The fourth-order valence-corrected chi connectivity index (χ4v) is 2.31. The van der Waals surface area contributed by atoms with E-state index in [1.54, 1.807) is 12.1 Å². The van der Waals surface area contributed by atoms with Crippen LogP contribution in [0.3, 0.4) is 0 Å². The van der Waals surface area contributed by atoms with Gasteiger partial charge >= 0.3 is 0 Å². The summed E-state index contributed by atoms with van der Waals surface area (Å²) in [7, 11) is 0. The molecule has 0 spiro atoms. The third-order valence-electron chi connectivity index (χ3n) is 3.46. The van der Waals surface area contributed by atoms with Crippen molar-refractivity contribution >= 4 is 0 Å². The summed E-state index contributed by atoms with van der Waals surface area (Å²) in [4.78, 5) is 0. The number of ether oxygens (including phenoxy) is 1. The highest BCUT2D eigenvalue weighted by molar-refractivity contribution is 5.32. The van der Waals surface area contributed by atoms with Gasteiger partial charge in [0.1, 0.15) is 5.82 Å². The lowest BCUT2D eigenvalue weighted by molar-refractivity contribution is 0.106. The lowest BCUT2D eigenvalue weighted by atomic mass is 10.0. The zero-order valence-electron chi connectivity index (χ0n) is 11.0. The van der Waals surface area contributed by atoms with Gasteiger partial charge in [0.2, 0.25) is 0 Å². The molecule has 2 rings (SSSR count). The number of halogens is 1. The van der Waals surface area contributed by atoms with E-state index >= 15 is 0 Å². The van der Waals surface area contributed by atoms with E-state index in [0.717, 1.165) is 13.0 Å². The van der Waals surface area contributed by atoms with E-state index in [9.17, 15) is 4.39 Å². The standard InChI is InChI=1S/C15H19FN2O/c16-15-9-12(10-17)4-5-13(15)11-19-8-6-14-3-1-2-7-18-14/h4-5,9,14,18H,1-3,6-8,11H2. The molecule has 1 heterocycles. The zero-order valence-corrected chi connectivity index (χ0v) is 11.0. The predicted molar refractivity (Wildman–Crippen MR) is 71.0 cm³/mol. The zero-order chi connectivity index (χ0) is 13.5. The van der Waals surface area contributed by atoms with Crippen molar-refractivity contribution in [3.63, 3.8) is 0 Å². The predicted octanol–water partition coefficient (Wildman–Crippen LogP) is 2.75. The molecule has 4 heteroatoms. The lowest BCUT2D eigenvalue weighted by Gasteiger charge is -2.23. The van der Waals surface area contributed by atoms with Crippen LogP contribution in [-0.2, 0) is 11.3 Å². The van der Waals surface area contributed by atoms with Crippen molar-refractivity contribution in [2.24, 2.45) is 0 Å². The molecular formula is C15H19FN2O. The number of benzene rings is 1. The Morgan fingerprint density at radius 2 is 2.32 bits per heavy atom. The SMILES string of the molecule is N#Cc1ccc(COCCC2CCCCN2)c(F)c1. The average molecular weight is 262 g/mol. The summed E-state index contributed by atoms with van der Waals surface area (Å²) in [6.07, 6.45) is 4.71. The smallest absolute Gasteiger partial charge is 0.130 e. The van der Waals surface area contributed by atoms with E-state index in [1.807, 2.05) is 6.07 Å².